The lowest BCUT2D eigenvalue weighted by atomic mass is 9.87. The maximum absolute atomic E-state index is 13.5. The summed E-state index contributed by atoms with van der Waals surface area (Å²) in [5, 5.41) is 0. The Morgan fingerprint density at radius 1 is 1.19 bits per heavy atom. The van der Waals surface area contributed by atoms with Crippen LogP contribution in [0.3, 0.4) is 0 Å². The number of nitrogens with zero attached hydrogens (tertiary/aromatic N) is 3. The quantitative estimate of drug-likeness (QED) is 0.531. The summed E-state index contributed by atoms with van der Waals surface area (Å²) < 4.78 is 10.9. The number of fused-ring (bicyclic) bond motifs is 3. The van der Waals surface area contributed by atoms with Crippen LogP contribution in [-0.4, -0.2) is 50.7 Å². The van der Waals surface area contributed by atoms with Crippen molar-refractivity contribution in [3.8, 4) is 11.5 Å². The minimum atomic E-state index is -1.05. The second kappa shape index (κ2) is 5.06. The summed E-state index contributed by atoms with van der Waals surface area (Å²) in [5.74, 6) is 1.03. The Kier molecular flexibility index (Phi) is 3.20. The van der Waals surface area contributed by atoms with Crippen LogP contribution in [0, 0.1) is 6.57 Å². The normalized spacial score (nSPS) is 39.0. The number of hydrogen-bond donors (Lipinski definition) is 0. The van der Waals surface area contributed by atoms with Crippen molar-refractivity contribution in [1.82, 2.24) is 9.80 Å². The van der Waals surface area contributed by atoms with E-state index in [2.05, 4.69) is 4.85 Å². The molecule has 0 N–H and O–H groups in total. The third kappa shape index (κ3) is 1.85. The second-order valence-electron chi connectivity index (χ2n) is 7.63. The maximum Gasteiger partial charge on any atom is 0.262 e. The molecule has 140 valence electrons. The van der Waals surface area contributed by atoms with E-state index in [4.69, 9.17) is 16.0 Å². The van der Waals surface area contributed by atoms with Crippen LogP contribution in [0.2, 0.25) is 0 Å². The molecule has 5 aliphatic rings. The van der Waals surface area contributed by atoms with Crippen molar-refractivity contribution in [2.24, 2.45) is 0 Å². The van der Waals surface area contributed by atoms with Gasteiger partial charge in [0.2, 0.25) is 6.79 Å². The Hall–Kier alpha value is -2.05. The van der Waals surface area contributed by atoms with Crippen LogP contribution in [0.4, 0.5) is 0 Å². The van der Waals surface area contributed by atoms with Gasteiger partial charge in [-0.25, -0.2) is 6.57 Å². The average Bonchev–Trinajstić information content (AvgIpc) is 3.23. The number of likely N-dealkylation sites (N-methyl/N-ethyl adjacent to an activating group) is 1. The molecule has 5 aliphatic heterocycles. The first-order chi connectivity index (χ1) is 12.8. The molecule has 27 heavy (non-hydrogen) atoms. The predicted molar refractivity (Wildman–Crippen MR) is 101 cm³/mol. The zero-order valence-corrected chi connectivity index (χ0v) is 16.6. The number of rotatable bonds is 1. The molecule has 4 saturated heterocycles. The number of piperazine rings is 1. The zero-order chi connectivity index (χ0) is 19.2. The van der Waals surface area contributed by atoms with E-state index in [9.17, 15) is 9.59 Å². The number of benzene rings is 1. The van der Waals surface area contributed by atoms with Crippen LogP contribution < -0.4 is 9.47 Å². The third-order valence-corrected chi connectivity index (χ3v) is 9.74. The summed E-state index contributed by atoms with van der Waals surface area (Å²) in [6.45, 7) is 11.6. The van der Waals surface area contributed by atoms with Crippen molar-refractivity contribution in [3.63, 3.8) is 0 Å². The van der Waals surface area contributed by atoms with E-state index in [1.54, 1.807) is 29.8 Å². The Balaban J connectivity index is 1.71. The van der Waals surface area contributed by atoms with E-state index in [-0.39, 0.29) is 18.6 Å². The van der Waals surface area contributed by atoms with Gasteiger partial charge in [-0.3, -0.25) is 9.59 Å². The topological polar surface area (TPSA) is 63.4 Å². The van der Waals surface area contributed by atoms with E-state index < -0.39 is 21.3 Å². The first-order valence-corrected chi connectivity index (χ1v) is 10.7. The van der Waals surface area contributed by atoms with Gasteiger partial charge in [-0.05, 0) is 24.6 Å². The number of carbonyl (C=O) groups is 2. The van der Waals surface area contributed by atoms with Gasteiger partial charge in [0.1, 0.15) is 6.04 Å². The van der Waals surface area contributed by atoms with Gasteiger partial charge in [0.05, 0.1) is 6.42 Å². The first-order valence-electron chi connectivity index (χ1n) is 8.54. The molecular formula is C18H17N3O4S2. The number of hydrogen-bond acceptors (Lipinski definition) is 6. The lowest BCUT2D eigenvalue weighted by molar-refractivity contribution is -0.164. The monoisotopic (exact) mass is 403 g/mol. The largest absolute Gasteiger partial charge is 0.454 e. The molecule has 5 heterocycles. The molecule has 0 saturated carbocycles. The summed E-state index contributed by atoms with van der Waals surface area (Å²) in [6, 6.07) is 4.98. The molecule has 0 aromatic heterocycles. The third-order valence-electron chi connectivity index (χ3n) is 6.04. The van der Waals surface area contributed by atoms with Gasteiger partial charge < -0.3 is 24.1 Å². The van der Waals surface area contributed by atoms with Crippen molar-refractivity contribution in [2.45, 2.75) is 41.6 Å². The van der Waals surface area contributed by atoms with Crippen LogP contribution in [0.1, 0.15) is 31.9 Å². The fraction of sp³-hybridized carbons (Fsp3) is 0.500. The Labute approximate surface area is 164 Å². The number of carbonyl (C=O) groups excluding carboxylic acids is 2. The molecule has 4 atom stereocenters. The van der Waals surface area contributed by atoms with Crippen LogP contribution in [0.15, 0.2) is 18.2 Å². The van der Waals surface area contributed by atoms with Crippen molar-refractivity contribution in [2.75, 3.05) is 13.8 Å². The van der Waals surface area contributed by atoms with Gasteiger partial charge in [0, 0.05) is 14.0 Å². The molecule has 1 aromatic carbocycles. The van der Waals surface area contributed by atoms with Crippen molar-refractivity contribution >= 4 is 33.4 Å². The molecule has 4 fully saturated rings. The average molecular weight is 403 g/mol. The van der Waals surface area contributed by atoms with Crippen LogP contribution in [0.25, 0.3) is 4.85 Å². The summed E-state index contributed by atoms with van der Waals surface area (Å²) in [7, 11) is 4.51. The fourth-order valence-electron chi connectivity index (χ4n) is 4.48. The van der Waals surface area contributed by atoms with Gasteiger partial charge in [-0.1, -0.05) is 27.7 Å². The van der Waals surface area contributed by atoms with Gasteiger partial charge in [-0.15, -0.1) is 0 Å². The number of amides is 2. The van der Waals surface area contributed by atoms with E-state index in [1.165, 1.54) is 21.6 Å². The smallest absolute Gasteiger partial charge is 0.262 e. The molecule has 0 radical (unpaired) electrons. The van der Waals surface area contributed by atoms with Crippen LogP contribution >= 0.6 is 21.6 Å². The molecule has 2 bridgehead atoms. The van der Waals surface area contributed by atoms with Gasteiger partial charge in [0.15, 0.2) is 21.2 Å². The van der Waals surface area contributed by atoms with Crippen molar-refractivity contribution in [3.05, 3.63) is 35.2 Å². The summed E-state index contributed by atoms with van der Waals surface area (Å²) >= 11 is 0. The number of ether oxygens (including phenoxy) is 2. The predicted octanol–water partition coefficient (Wildman–Crippen LogP) is 2.65. The fourth-order valence-corrected chi connectivity index (χ4v) is 8.05. The molecule has 1 aromatic rings. The SMILES string of the molecule is [C-]#[N+][C@@]1(C)C[C@@]23SS[C@@](C)(C(=O)N2[C@H]1c1ccc2c(c1)OCO2)N(C)C3=O. The molecule has 2 amide bonds. The molecule has 0 aliphatic carbocycles. The Morgan fingerprint density at radius 2 is 1.93 bits per heavy atom. The van der Waals surface area contributed by atoms with Crippen LogP contribution in [-0.2, 0) is 9.59 Å². The van der Waals surface area contributed by atoms with Gasteiger partial charge >= 0.3 is 0 Å². The molecule has 1 spiro atoms. The highest BCUT2D eigenvalue weighted by atomic mass is 33.1. The van der Waals surface area contributed by atoms with E-state index in [1.807, 2.05) is 19.1 Å². The van der Waals surface area contributed by atoms with Crippen LogP contribution in [0.5, 0.6) is 11.5 Å². The van der Waals surface area contributed by atoms with Gasteiger partial charge in [0.25, 0.3) is 17.4 Å². The Bertz CT molecular complexity index is 949. The van der Waals surface area contributed by atoms with E-state index in [0.29, 0.717) is 17.9 Å². The molecule has 0 unspecified atom stereocenters. The summed E-state index contributed by atoms with van der Waals surface area (Å²) in [5.41, 5.74) is -0.122. The minimum absolute atomic E-state index is 0.105. The highest BCUT2D eigenvalue weighted by Crippen LogP contribution is 2.68. The highest BCUT2D eigenvalue weighted by molar-refractivity contribution is 8.78. The van der Waals surface area contributed by atoms with Gasteiger partial charge in [-0.2, -0.15) is 0 Å². The highest BCUT2D eigenvalue weighted by Gasteiger charge is 2.77. The van der Waals surface area contributed by atoms with Crippen molar-refractivity contribution in [1.29, 1.82) is 0 Å². The molecular weight excluding hydrogens is 386 g/mol. The molecule has 6 rings (SSSR count). The zero-order valence-electron chi connectivity index (χ0n) is 15.0. The minimum Gasteiger partial charge on any atom is -0.454 e. The lowest BCUT2D eigenvalue weighted by Gasteiger charge is -2.57. The standard InChI is InChI=1S/C18H17N3O4S2/c1-16(19-3)8-18-15(23)20(4)17(2,26-27-18)14(22)21(18)13(16)10-5-6-11-12(7-10)25-9-24-11/h5-7,13H,8-9H2,1-2,4H3/t13-,16-,17-,18-/m0/s1. The van der Waals surface area contributed by atoms with Crippen molar-refractivity contribution < 1.29 is 19.1 Å². The Morgan fingerprint density at radius 3 is 2.67 bits per heavy atom. The molecule has 9 heteroatoms. The maximum atomic E-state index is 13.5. The second-order valence-corrected chi connectivity index (χ2v) is 10.4. The lowest BCUT2D eigenvalue weighted by Crippen LogP contribution is -2.73. The van der Waals surface area contributed by atoms with E-state index in [0.717, 1.165) is 5.56 Å². The summed E-state index contributed by atoms with van der Waals surface area (Å²) in [4.78, 5) is 31.9. The summed E-state index contributed by atoms with van der Waals surface area (Å²) in [6.07, 6.45) is 0.297. The first kappa shape index (κ1) is 17.1. The molecule has 7 nitrogen and oxygen atoms in total. The van der Waals surface area contributed by atoms with E-state index >= 15 is 0 Å².